The summed E-state index contributed by atoms with van der Waals surface area (Å²) >= 11 is 0. The molecule has 0 aliphatic carbocycles. The van der Waals surface area contributed by atoms with E-state index in [0.29, 0.717) is 6.04 Å². The van der Waals surface area contributed by atoms with Gasteiger partial charge in [-0.15, -0.1) is 0 Å². The number of nitrogens with one attached hydrogen (secondary N) is 1. The van der Waals surface area contributed by atoms with Gasteiger partial charge in [-0.3, -0.25) is 9.97 Å². The maximum atomic E-state index is 9.58. The van der Waals surface area contributed by atoms with Crippen molar-refractivity contribution in [2.45, 2.75) is 38.8 Å². The molecule has 2 N–H and O–H groups in total. The lowest BCUT2D eigenvalue weighted by molar-refractivity contribution is 0.0904. The molecule has 0 amide bonds. The SMILES string of the molecule is CCc1cc2ncc(CO)c(NC3CCOCC3)c2cn1. The van der Waals surface area contributed by atoms with Gasteiger partial charge in [0.05, 0.1) is 17.8 Å². The van der Waals surface area contributed by atoms with Crippen LogP contribution in [0.4, 0.5) is 5.69 Å². The third kappa shape index (κ3) is 2.99. The van der Waals surface area contributed by atoms with Crippen LogP contribution in [0.1, 0.15) is 31.0 Å². The highest BCUT2D eigenvalue weighted by atomic mass is 16.5. The van der Waals surface area contributed by atoms with E-state index < -0.39 is 0 Å². The number of aromatic nitrogens is 2. The minimum Gasteiger partial charge on any atom is -0.392 e. The molecule has 0 unspecified atom stereocenters. The van der Waals surface area contributed by atoms with Crippen molar-refractivity contribution in [1.82, 2.24) is 9.97 Å². The van der Waals surface area contributed by atoms with E-state index in [1.807, 2.05) is 12.3 Å². The molecule has 0 spiro atoms. The zero-order valence-electron chi connectivity index (χ0n) is 12.3. The Morgan fingerprint density at radius 2 is 2.10 bits per heavy atom. The molecule has 0 bridgehead atoms. The normalized spacial score (nSPS) is 16.3. The van der Waals surface area contributed by atoms with E-state index in [1.54, 1.807) is 6.20 Å². The quantitative estimate of drug-likeness (QED) is 0.903. The van der Waals surface area contributed by atoms with Crippen LogP contribution in [0.5, 0.6) is 0 Å². The number of aliphatic hydroxyl groups is 1. The van der Waals surface area contributed by atoms with Crippen LogP contribution in [-0.2, 0) is 17.8 Å². The van der Waals surface area contributed by atoms with Gasteiger partial charge in [-0.05, 0) is 25.3 Å². The lowest BCUT2D eigenvalue weighted by atomic mass is 10.1. The highest BCUT2D eigenvalue weighted by Gasteiger charge is 2.17. The van der Waals surface area contributed by atoms with Crippen LogP contribution in [-0.4, -0.2) is 34.3 Å². The van der Waals surface area contributed by atoms with Gasteiger partial charge in [0.15, 0.2) is 0 Å². The topological polar surface area (TPSA) is 67.3 Å². The summed E-state index contributed by atoms with van der Waals surface area (Å²) in [7, 11) is 0. The van der Waals surface area contributed by atoms with Crippen molar-refractivity contribution in [3.05, 3.63) is 29.7 Å². The van der Waals surface area contributed by atoms with Crippen molar-refractivity contribution in [2.24, 2.45) is 0 Å². The number of nitrogens with zero attached hydrogens (tertiary/aromatic N) is 2. The second kappa shape index (κ2) is 6.37. The number of anilines is 1. The molecule has 112 valence electrons. The fourth-order valence-corrected chi connectivity index (χ4v) is 2.70. The molecule has 3 rings (SSSR count). The average molecular weight is 287 g/mol. The minimum atomic E-state index is -0.0238. The molecular formula is C16H21N3O2. The maximum Gasteiger partial charge on any atom is 0.0756 e. The Bertz CT molecular complexity index is 624. The molecule has 2 aromatic heterocycles. The van der Waals surface area contributed by atoms with Crippen molar-refractivity contribution >= 4 is 16.6 Å². The molecule has 2 aromatic rings. The number of pyridine rings is 2. The van der Waals surface area contributed by atoms with Gasteiger partial charge in [0, 0.05) is 48.3 Å². The van der Waals surface area contributed by atoms with Gasteiger partial charge in [-0.1, -0.05) is 6.92 Å². The van der Waals surface area contributed by atoms with E-state index in [0.717, 1.165) is 60.3 Å². The molecule has 5 nitrogen and oxygen atoms in total. The number of hydrogen-bond donors (Lipinski definition) is 2. The van der Waals surface area contributed by atoms with Crippen LogP contribution in [0, 0.1) is 0 Å². The van der Waals surface area contributed by atoms with Gasteiger partial charge in [0.2, 0.25) is 0 Å². The second-order valence-electron chi connectivity index (χ2n) is 5.39. The Kier molecular flexibility index (Phi) is 4.31. The number of fused-ring (bicyclic) bond motifs is 1. The first-order valence-corrected chi connectivity index (χ1v) is 7.53. The fourth-order valence-electron chi connectivity index (χ4n) is 2.70. The summed E-state index contributed by atoms with van der Waals surface area (Å²) in [5, 5.41) is 14.1. The molecule has 1 saturated heterocycles. The summed E-state index contributed by atoms with van der Waals surface area (Å²) in [6.07, 6.45) is 6.47. The number of ether oxygens (including phenoxy) is 1. The molecular weight excluding hydrogens is 266 g/mol. The molecule has 0 radical (unpaired) electrons. The van der Waals surface area contributed by atoms with Gasteiger partial charge in [0.25, 0.3) is 0 Å². The number of hydrogen-bond acceptors (Lipinski definition) is 5. The summed E-state index contributed by atoms with van der Waals surface area (Å²) in [6.45, 7) is 3.63. The largest absolute Gasteiger partial charge is 0.392 e. The molecule has 1 aliphatic heterocycles. The Hall–Kier alpha value is -1.72. The van der Waals surface area contributed by atoms with Crippen LogP contribution in [0.15, 0.2) is 18.5 Å². The highest BCUT2D eigenvalue weighted by Crippen LogP contribution is 2.28. The average Bonchev–Trinajstić information content (AvgIpc) is 2.55. The lowest BCUT2D eigenvalue weighted by Crippen LogP contribution is -2.28. The summed E-state index contributed by atoms with van der Waals surface area (Å²) in [5.74, 6) is 0. The van der Waals surface area contributed by atoms with Crippen molar-refractivity contribution < 1.29 is 9.84 Å². The third-order valence-electron chi connectivity index (χ3n) is 3.99. The van der Waals surface area contributed by atoms with Crippen LogP contribution >= 0.6 is 0 Å². The predicted molar refractivity (Wildman–Crippen MR) is 82.3 cm³/mol. The van der Waals surface area contributed by atoms with E-state index in [1.165, 1.54) is 0 Å². The lowest BCUT2D eigenvalue weighted by Gasteiger charge is -2.26. The van der Waals surface area contributed by atoms with E-state index in [-0.39, 0.29) is 6.61 Å². The first-order chi connectivity index (χ1) is 10.3. The Balaban J connectivity index is 2.00. The van der Waals surface area contributed by atoms with Gasteiger partial charge in [-0.25, -0.2) is 0 Å². The monoisotopic (exact) mass is 287 g/mol. The van der Waals surface area contributed by atoms with Crippen LogP contribution in [0.25, 0.3) is 10.9 Å². The van der Waals surface area contributed by atoms with E-state index >= 15 is 0 Å². The fraction of sp³-hybridized carbons (Fsp3) is 0.500. The van der Waals surface area contributed by atoms with E-state index in [2.05, 4.69) is 22.2 Å². The zero-order valence-corrected chi connectivity index (χ0v) is 12.3. The Morgan fingerprint density at radius 1 is 1.29 bits per heavy atom. The minimum absolute atomic E-state index is 0.0238. The van der Waals surface area contributed by atoms with Gasteiger partial charge < -0.3 is 15.2 Å². The van der Waals surface area contributed by atoms with Crippen LogP contribution in [0.2, 0.25) is 0 Å². The number of aryl methyl sites for hydroxylation is 1. The molecule has 1 aliphatic rings. The molecule has 5 heteroatoms. The Morgan fingerprint density at radius 3 is 2.81 bits per heavy atom. The van der Waals surface area contributed by atoms with Gasteiger partial charge in [0.1, 0.15) is 0 Å². The first kappa shape index (κ1) is 14.2. The predicted octanol–water partition coefficient (Wildman–Crippen LogP) is 2.28. The number of aliphatic hydroxyl groups excluding tert-OH is 1. The molecule has 0 saturated carbocycles. The van der Waals surface area contributed by atoms with Crippen molar-refractivity contribution in [2.75, 3.05) is 18.5 Å². The molecule has 0 atom stereocenters. The van der Waals surface area contributed by atoms with E-state index in [9.17, 15) is 5.11 Å². The van der Waals surface area contributed by atoms with E-state index in [4.69, 9.17) is 4.74 Å². The molecule has 3 heterocycles. The summed E-state index contributed by atoms with van der Waals surface area (Å²) in [4.78, 5) is 8.92. The Labute approximate surface area is 124 Å². The second-order valence-corrected chi connectivity index (χ2v) is 5.39. The maximum absolute atomic E-state index is 9.58. The standard InChI is InChI=1S/C16H21N3O2/c1-2-12-7-15-14(9-17-12)16(11(10-20)8-18-15)19-13-3-5-21-6-4-13/h7-9,13,20H,2-6,10H2,1H3,(H,18,19). The number of rotatable bonds is 4. The highest BCUT2D eigenvalue weighted by molar-refractivity contribution is 5.92. The van der Waals surface area contributed by atoms with Crippen molar-refractivity contribution in [3.8, 4) is 0 Å². The summed E-state index contributed by atoms with van der Waals surface area (Å²) < 4.78 is 5.40. The van der Waals surface area contributed by atoms with Gasteiger partial charge >= 0.3 is 0 Å². The van der Waals surface area contributed by atoms with Gasteiger partial charge in [-0.2, -0.15) is 0 Å². The van der Waals surface area contributed by atoms with Crippen molar-refractivity contribution in [3.63, 3.8) is 0 Å². The molecule has 1 fully saturated rings. The molecule has 0 aromatic carbocycles. The summed E-state index contributed by atoms with van der Waals surface area (Å²) in [6, 6.07) is 2.39. The van der Waals surface area contributed by atoms with Crippen LogP contribution in [0.3, 0.4) is 0 Å². The smallest absolute Gasteiger partial charge is 0.0756 e. The summed E-state index contributed by atoms with van der Waals surface area (Å²) in [5.41, 5.74) is 3.74. The van der Waals surface area contributed by atoms with Crippen molar-refractivity contribution in [1.29, 1.82) is 0 Å². The third-order valence-corrected chi connectivity index (χ3v) is 3.99. The molecule has 21 heavy (non-hydrogen) atoms. The first-order valence-electron chi connectivity index (χ1n) is 7.53. The van der Waals surface area contributed by atoms with Crippen LogP contribution < -0.4 is 5.32 Å². The zero-order chi connectivity index (χ0) is 14.7.